The Morgan fingerprint density at radius 3 is 2.50 bits per heavy atom. The van der Waals surface area contributed by atoms with Crippen LogP contribution >= 0.6 is 0 Å². The molecule has 0 amide bonds. The molecule has 12 heavy (non-hydrogen) atoms. The van der Waals surface area contributed by atoms with Gasteiger partial charge in [0.05, 0.1) is 0 Å². The summed E-state index contributed by atoms with van der Waals surface area (Å²) in [4.78, 5) is 13.9. The molecule has 0 saturated heterocycles. The molecule has 0 aliphatic heterocycles. The van der Waals surface area contributed by atoms with E-state index in [2.05, 4.69) is 4.99 Å². The largest absolute Gasteiger partial charge is 0.480 e. The Hall–Kier alpha value is -1.30. The summed E-state index contributed by atoms with van der Waals surface area (Å²) in [5, 5.41) is 8.38. The monoisotopic (exact) mass is 176 g/mol. The van der Waals surface area contributed by atoms with Gasteiger partial charge in [-0.2, -0.15) is 0 Å². The van der Waals surface area contributed by atoms with E-state index in [0.717, 1.165) is 0 Å². The third-order valence-electron chi connectivity index (χ3n) is 1.28. The molecule has 0 unspecified atom stereocenters. The van der Waals surface area contributed by atoms with E-state index in [1.807, 2.05) is 0 Å². The van der Waals surface area contributed by atoms with E-state index in [0.29, 0.717) is 19.4 Å². The van der Waals surface area contributed by atoms with Gasteiger partial charge < -0.3 is 22.3 Å². The number of rotatable bonds is 5. The molecule has 0 bridgehead atoms. The summed E-state index contributed by atoms with van der Waals surface area (Å²) in [6.07, 6.45) is 0.956. The first-order chi connectivity index (χ1) is 5.54. The SMILES string of the molecule is NC(N)=[15N]CCC[C@H]([15NH2])C(=O)O. The summed E-state index contributed by atoms with van der Waals surface area (Å²) in [5.74, 6) is -0.987. The van der Waals surface area contributed by atoms with Crippen LogP contribution in [-0.2, 0) is 4.79 Å². The number of aliphatic imine (C=N–C) groups is 1. The van der Waals surface area contributed by atoms with Gasteiger partial charge in [-0.25, -0.2) is 0 Å². The van der Waals surface area contributed by atoms with Gasteiger partial charge in [0.25, 0.3) is 0 Å². The smallest absolute Gasteiger partial charge is 0.320 e. The molecule has 0 aliphatic rings. The van der Waals surface area contributed by atoms with Crippen molar-refractivity contribution in [3.8, 4) is 0 Å². The molecule has 0 spiro atoms. The average Bonchev–Trinajstić information content (AvgIpc) is 1.97. The Balaban J connectivity index is 3.44. The second-order valence-electron chi connectivity index (χ2n) is 2.39. The van der Waals surface area contributed by atoms with Crippen LogP contribution in [-0.4, -0.2) is 29.6 Å². The lowest BCUT2D eigenvalue weighted by molar-refractivity contribution is -0.138. The first-order valence-corrected chi connectivity index (χ1v) is 3.58. The van der Waals surface area contributed by atoms with E-state index in [4.69, 9.17) is 22.3 Å². The Morgan fingerprint density at radius 2 is 2.08 bits per heavy atom. The highest BCUT2D eigenvalue weighted by atomic mass is 16.4. The molecule has 6 heteroatoms. The van der Waals surface area contributed by atoms with Crippen molar-refractivity contribution in [3.63, 3.8) is 0 Å². The summed E-state index contributed by atoms with van der Waals surface area (Å²) in [7, 11) is 0. The van der Waals surface area contributed by atoms with Crippen LogP contribution in [0.5, 0.6) is 0 Å². The Morgan fingerprint density at radius 1 is 1.50 bits per heavy atom. The third-order valence-corrected chi connectivity index (χ3v) is 1.28. The molecule has 0 fully saturated rings. The van der Waals surface area contributed by atoms with E-state index in [1.54, 1.807) is 0 Å². The standard InChI is InChI=1S/C6H14N4O2/c7-4(5(11)12)2-1-3-10-6(8)9/h4H,1-3,7H2,(H,11,12)(H4,8,9,10)/t4-/m0/s1/i7+1,10+1. The number of hydrogen-bond donors (Lipinski definition) is 4. The fourth-order valence-electron chi connectivity index (χ4n) is 0.643. The highest BCUT2D eigenvalue weighted by molar-refractivity contribution is 5.75. The predicted octanol–water partition coefficient (Wildman–Crippen LogP) is -1.55. The van der Waals surface area contributed by atoms with Gasteiger partial charge in [-0.3, -0.25) is 9.79 Å². The van der Waals surface area contributed by atoms with Crippen molar-refractivity contribution in [2.75, 3.05) is 6.54 Å². The molecule has 0 aromatic rings. The number of carbonyl (C=O) groups is 1. The van der Waals surface area contributed by atoms with E-state index < -0.39 is 12.0 Å². The van der Waals surface area contributed by atoms with Crippen molar-refractivity contribution in [2.24, 2.45) is 22.2 Å². The van der Waals surface area contributed by atoms with Crippen LogP contribution < -0.4 is 17.2 Å². The van der Waals surface area contributed by atoms with Crippen LogP contribution in [0.15, 0.2) is 4.99 Å². The lowest BCUT2D eigenvalue weighted by Crippen LogP contribution is -2.30. The number of guanidine groups is 1. The topological polar surface area (TPSA) is 128 Å². The van der Waals surface area contributed by atoms with Crippen molar-refractivity contribution in [1.82, 2.24) is 0 Å². The van der Waals surface area contributed by atoms with E-state index in [-0.39, 0.29) is 5.96 Å². The number of nitrogens with zero attached hydrogens (tertiary/aromatic N) is 1. The van der Waals surface area contributed by atoms with Crippen molar-refractivity contribution >= 4 is 11.9 Å². The second-order valence-corrected chi connectivity index (χ2v) is 2.39. The minimum atomic E-state index is -1.00. The zero-order chi connectivity index (χ0) is 9.56. The Labute approximate surface area is 70.4 Å². The van der Waals surface area contributed by atoms with Crippen LogP contribution in [0.4, 0.5) is 0 Å². The van der Waals surface area contributed by atoms with Gasteiger partial charge in [0.1, 0.15) is 6.04 Å². The molecule has 0 aromatic carbocycles. The molecule has 0 heterocycles. The van der Waals surface area contributed by atoms with E-state index in [9.17, 15) is 4.79 Å². The Bertz CT molecular complexity index is 176. The zero-order valence-electron chi connectivity index (χ0n) is 6.73. The minimum Gasteiger partial charge on any atom is -0.480 e. The zero-order valence-corrected chi connectivity index (χ0v) is 6.73. The molecule has 70 valence electrons. The molecule has 6 nitrogen and oxygen atoms in total. The normalized spacial score (nSPS) is 12.1. The minimum absolute atomic E-state index is 0.0129. The molecule has 0 rings (SSSR count). The molecule has 0 aromatic heterocycles. The maximum Gasteiger partial charge on any atom is 0.320 e. The summed E-state index contributed by atoms with van der Waals surface area (Å²) in [6, 6.07) is -0.820. The number of aliphatic carboxylic acids is 1. The van der Waals surface area contributed by atoms with Crippen LogP contribution in [0.3, 0.4) is 0 Å². The lowest BCUT2D eigenvalue weighted by atomic mass is 10.2. The quantitative estimate of drug-likeness (QED) is 0.174. The average molecular weight is 176 g/mol. The van der Waals surface area contributed by atoms with Gasteiger partial charge in [0, 0.05) is 6.54 Å². The van der Waals surface area contributed by atoms with Crippen LogP contribution in [0.25, 0.3) is 0 Å². The van der Waals surface area contributed by atoms with Gasteiger partial charge in [-0.1, -0.05) is 0 Å². The molecule has 0 radical (unpaired) electrons. The van der Waals surface area contributed by atoms with Crippen molar-refractivity contribution in [2.45, 2.75) is 18.9 Å². The van der Waals surface area contributed by atoms with E-state index >= 15 is 0 Å². The fourth-order valence-corrected chi connectivity index (χ4v) is 0.643. The molecule has 0 saturated carbocycles. The Kier molecular flexibility index (Phi) is 4.78. The maximum atomic E-state index is 10.2. The molecular weight excluding hydrogens is 162 g/mol. The van der Waals surface area contributed by atoms with Crippen molar-refractivity contribution in [3.05, 3.63) is 0 Å². The first-order valence-electron chi connectivity index (χ1n) is 3.58. The molecule has 0 aliphatic carbocycles. The predicted molar refractivity (Wildman–Crippen MR) is 45.5 cm³/mol. The number of carboxylic acids is 1. The molecule has 7 N–H and O–H groups in total. The first kappa shape index (κ1) is 10.7. The lowest BCUT2D eigenvalue weighted by Gasteiger charge is -2.03. The second kappa shape index (κ2) is 5.36. The summed E-state index contributed by atoms with van der Waals surface area (Å²) in [6.45, 7) is 0.420. The van der Waals surface area contributed by atoms with Crippen molar-refractivity contribution < 1.29 is 9.90 Å². The number of hydrogen-bond acceptors (Lipinski definition) is 3. The van der Waals surface area contributed by atoms with Crippen LogP contribution in [0.1, 0.15) is 12.8 Å². The summed E-state index contributed by atoms with van der Waals surface area (Å²) >= 11 is 0. The van der Waals surface area contributed by atoms with Crippen molar-refractivity contribution in [1.29, 1.82) is 0 Å². The number of carboxylic acid groups (broad SMARTS) is 1. The molecular formula is C6H14N4O2. The highest BCUT2D eigenvalue weighted by Crippen LogP contribution is 1.94. The third kappa shape index (κ3) is 5.48. The van der Waals surface area contributed by atoms with E-state index in [1.165, 1.54) is 0 Å². The van der Waals surface area contributed by atoms with Gasteiger partial charge in [0.15, 0.2) is 5.96 Å². The van der Waals surface area contributed by atoms with Gasteiger partial charge >= 0.3 is 5.97 Å². The fraction of sp³-hybridized carbons (Fsp3) is 0.667. The highest BCUT2D eigenvalue weighted by Gasteiger charge is 2.09. The van der Waals surface area contributed by atoms with Gasteiger partial charge in [0.2, 0.25) is 0 Å². The molecule has 1 atom stereocenters. The van der Waals surface area contributed by atoms with Crippen LogP contribution in [0.2, 0.25) is 0 Å². The van der Waals surface area contributed by atoms with Crippen LogP contribution in [0, 0.1) is 0 Å². The number of nitrogens with two attached hydrogens (primary N) is 3. The summed E-state index contributed by atoms with van der Waals surface area (Å²) in [5.41, 5.74) is 15.3. The van der Waals surface area contributed by atoms with Gasteiger partial charge in [-0.15, -0.1) is 0 Å². The van der Waals surface area contributed by atoms with Gasteiger partial charge in [-0.05, 0) is 12.8 Å². The summed E-state index contributed by atoms with van der Waals surface area (Å²) < 4.78 is 0. The maximum absolute atomic E-state index is 10.2.